The first-order valence-corrected chi connectivity index (χ1v) is 16.1. The summed E-state index contributed by atoms with van der Waals surface area (Å²) in [4.78, 5) is 30.4. The molecule has 188 valence electrons. The van der Waals surface area contributed by atoms with Gasteiger partial charge in [-0.05, 0) is 58.0 Å². The first-order valence-electron chi connectivity index (χ1n) is 10.8. The van der Waals surface area contributed by atoms with E-state index in [1.54, 1.807) is 39.8 Å². The summed E-state index contributed by atoms with van der Waals surface area (Å²) in [5.74, 6) is -1.79. The fourth-order valence-corrected chi connectivity index (χ4v) is 5.23. The van der Waals surface area contributed by atoms with E-state index in [2.05, 4.69) is 40.6 Å². The highest BCUT2D eigenvalue weighted by atomic mass is 79.9. The molecule has 1 amide bonds. The van der Waals surface area contributed by atoms with E-state index in [4.69, 9.17) is 9.47 Å². The lowest BCUT2D eigenvalue weighted by molar-refractivity contribution is -0.132. The van der Waals surface area contributed by atoms with E-state index in [0.717, 1.165) is 17.8 Å². The van der Waals surface area contributed by atoms with Gasteiger partial charge >= 0.3 is 12.1 Å². The minimum atomic E-state index is -1.37. The van der Waals surface area contributed by atoms with Crippen molar-refractivity contribution in [2.75, 3.05) is 13.3 Å². The second-order valence-electron chi connectivity index (χ2n) is 10.3. The number of ether oxygens (including phenoxy) is 2. The maximum absolute atomic E-state index is 14.8. The molecule has 0 spiro atoms. The fraction of sp³-hybridized carbons (Fsp3) is 0.522. The summed E-state index contributed by atoms with van der Waals surface area (Å²) in [5, 5.41) is 9.78. The van der Waals surface area contributed by atoms with Crippen LogP contribution in [0, 0.1) is 5.82 Å². The zero-order valence-electron chi connectivity index (χ0n) is 20.6. The van der Waals surface area contributed by atoms with Gasteiger partial charge in [0.2, 0.25) is 0 Å². The number of thioether (sulfide) groups is 1. The lowest BCUT2D eigenvalue weighted by Crippen LogP contribution is -2.43. The number of amides is 1. The van der Waals surface area contributed by atoms with Crippen LogP contribution in [0.15, 0.2) is 39.4 Å². The second kappa shape index (κ2) is 10.9. The quantitative estimate of drug-likeness (QED) is 0.229. The van der Waals surface area contributed by atoms with E-state index in [1.165, 1.54) is 17.0 Å². The van der Waals surface area contributed by atoms with Gasteiger partial charge in [0.15, 0.2) is 5.17 Å². The standard InChI is InChI=1S/C23H32BrFN2O5SSi/c1-22(2,3)32-21(30)27(14-31-10-11-34(5,6)7)20-26-18(19(28)29)13-23(4,33-20)16-12-15(24)8-9-17(16)25/h8-9,12-13H,10-11,14H2,1-7H3,(H,28,29)/t23-/m0/s1. The molecule has 1 aromatic carbocycles. The van der Waals surface area contributed by atoms with Crippen molar-refractivity contribution in [3.05, 3.63) is 45.8 Å². The number of aliphatic imine (C=N–C) groups is 1. The van der Waals surface area contributed by atoms with Crippen LogP contribution in [-0.2, 0) is 19.0 Å². The number of hydrogen-bond donors (Lipinski definition) is 1. The average molecular weight is 576 g/mol. The molecule has 2 rings (SSSR count). The highest BCUT2D eigenvalue weighted by molar-refractivity contribution is 9.10. The molecule has 1 aromatic rings. The highest BCUT2D eigenvalue weighted by Gasteiger charge is 2.39. The first-order chi connectivity index (χ1) is 15.5. The van der Waals surface area contributed by atoms with Crippen LogP contribution < -0.4 is 0 Å². The number of rotatable bonds is 7. The van der Waals surface area contributed by atoms with Gasteiger partial charge in [0.1, 0.15) is 23.8 Å². The van der Waals surface area contributed by atoms with Crippen LogP contribution in [-0.4, -0.2) is 54.2 Å². The molecule has 0 unspecified atom stereocenters. The molecule has 1 atom stereocenters. The zero-order valence-corrected chi connectivity index (χ0v) is 24.0. The number of benzene rings is 1. The predicted octanol–water partition coefficient (Wildman–Crippen LogP) is 6.42. The van der Waals surface area contributed by atoms with Crippen LogP contribution in [0.2, 0.25) is 25.7 Å². The summed E-state index contributed by atoms with van der Waals surface area (Å²) < 4.78 is 25.6. The van der Waals surface area contributed by atoms with E-state index >= 15 is 0 Å². The van der Waals surface area contributed by atoms with Crippen LogP contribution >= 0.6 is 27.7 Å². The van der Waals surface area contributed by atoms with E-state index in [-0.39, 0.29) is 23.2 Å². The average Bonchev–Trinajstić information content (AvgIpc) is 2.67. The maximum atomic E-state index is 14.8. The molecule has 7 nitrogen and oxygen atoms in total. The molecular weight excluding hydrogens is 543 g/mol. The second-order valence-corrected chi connectivity index (χ2v) is 18.3. The minimum absolute atomic E-state index is 0.0593. The van der Waals surface area contributed by atoms with Gasteiger partial charge < -0.3 is 14.6 Å². The van der Waals surface area contributed by atoms with Crippen LogP contribution in [0.5, 0.6) is 0 Å². The third-order valence-electron chi connectivity index (χ3n) is 4.68. The van der Waals surface area contributed by atoms with Crippen molar-refractivity contribution in [2.24, 2.45) is 4.99 Å². The molecule has 1 N–H and O–H groups in total. The van der Waals surface area contributed by atoms with Crippen LogP contribution in [0.1, 0.15) is 33.3 Å². The number of halogens is 2. The summed E-state index contributed by atoms with van der Waals surface area (Å²) in [6, 6.07) is 5.33. The monoisotopic (exact) mass is 574 g/mol. The Balaban J connectivity index is 2.46. The maximum Gasteiger partial charge on any atom is 0.418 e. The molecule has 1 aliphatic heterocycles. The summed E-state index contributed by atoms with van der Waals surface area (Å²) in [6.45, 7) is 13.8. The number of carbonyl (C=O) groups excluding carboxylic acids is 1. The van der Waals surface area contributed by atoms with Gasteiger partial charge in [0.25, 0.3) is 0 Å². The summed E-state index contributed by atoms with van der Waals surface area (Å²) in [7, 11) is -1.37. The molecule has 1 heterocycles. The number of carboxylic acid groups (broad SMARTS) is 1. The van der Waals surface area contributed by atoms with E-state index < -0.39 is 36.3 Å². The molecule has 0 aliphatic carbocycles. The third-order valence-corrected chi connectivity index (χ3v) is 8.13. The van der Waals surface area contributed by atoms with Crippen molar-refractivity contribution in [2.45, 2.75) is 63.7 Å². The van der Waals surface area contributed by atoms with Crippen molar-refractivity contribution >= 4 is 53.0 Å². The highest BCUT2D eigenvalue weighted by Crippen LogP contribution is 2.45. The number of carbonyl (C=O) groups is 2. The number of aliphatic carboxylic acids is 1. The van der Waals surface area contributed by atoms with E-state index in [0.29, 0.717) is 11.1 Å². The Labute approximate surface area is 213 Å². The zero-order chi connectivity index (χ0) is 25.9. The van der Waals surface area contributed by atoms with Crippen molar-refractivity contribution < 1.29 is 28.6 Å². The van der Waals surface area contributed by atoms with Gasteiger partial charge in [-0.2, -0.15) is 0 Å². The fourth-order valence-electron chi connectivity index (χ4n) is 2.91. The third kappa shape index (κ3) is 8.21. The lowest BCUT2D eigenvalue weighted by atomic mass is 9.98. The Morgan fingerprint density at radius 2 is 1.94 bits per heavy atom. The molecule has 0 saturated carbocycles. The molecule has 11 heteroatoms. The Kier molecular flexibility index (Phi) is 9.17. The normalized spacial score (nSPS) is 18.7. The van der Waals surface area contributed by atoms with Crippen molar-refractivity contribution in [1.82, 2.24) is 4.90 Å². The number of amidine groups is 1. The Morgan fingerprint density at radius 3 is 2.50 bits per heavy atom. The molecule has 0 saturated heterocycles. The van der Waals surface area contributed by atoms with Crippen molar-refractivity contribution in [3.63, 3.8) is 0 Å². The van der Waals surface area contributed by atoms with Gasteiger partial charge in [-0.1, -0.05) is 47.3 Å². The topological polar surface area (TPSA) is 88.4 Å². The van der Waals surface area contributed by atoms with Crippen LogP contribution in [0.3, 0.4) is 0 Å². The Morgan fingerprint density at radius 1 is 1.29 bits per heavy atom. The summed E-state index contributed by atoms with van der Waals surface area (Å²) in [6.07, 6.45) is 0.656. The summed E-state index contributed by atoms with van der Waals surface area (Å²) >= 11 is 4.41. The number of carboxylic acids is 1. The molecule has 0 fully saturated rings. The molecule has 0 aromatic heterocycles. The minimum Gasteiger partial charge on any atom is -0.477 e. The van der Waals surface area contributed by atoms with Crippen LogP contribution in [0.25, 0.3) is 0 Å². The van der Waals surface area contributed by atoms with Crippen LogP contribution in [0.4, 0.5) is 9.18 Å². The van der Waals surface area contributed by atoms with Gasteiger partial charge in [0.05, 0.1) is 4.75 Å². The van der Waals surface area contributed by atoms with E-state index in [1.807, 2.05) is 0 Å². The lowest BCUT2D eigenvalue weighted by Gasteiger charge is -2.34. The SMILES string of the molecule is CC(C)(C)OC(=O)N(COCC[Si](C)(C)C)C1=NC(C(=O)O)=C[C@@](C)(c2cc(Br)ccc2F)S1. The van der Waals surface area contributed by atoms with E-state index in [9.17, 15) is 19.1 Å². The van der Waals surface area contributed by atoms with Gasteiger partial charge in [-0.25, -0.2) is 23.9 Å². The first kappa shape index (κ1) is 28.5. The van der Waals surface area contributed by atoms with Gasteiger partial charge in [-0.15, -0.1) is 0 Å². The van der Waals surface area contributed by atoms with Crippen molar-refractivity contribution in [1.29, 1.82) is 0 Å². The molecule has 0 bridgehead atoms. The largest absolute Gasteiger partial charge is 0.477 e. The number of hydrogen-bond acceptors (Lipinski definition) is 6. The molecule has 1 aliphatic rings. The Bertz CT molecular complexity index is 1010. The predicted molar refractivity (Wildman–Crippen MR) is 139 cm³/mol. The molecule has 34 heavy (non-hydrogen) atoms. The Hall–Kier alpha value is -1.69. The molecule has 0 radical (unpaired) electrons. The summed E-state index contributed by atoms with van der Waals surface area (Å²) in [5.41, 5.74) is -0.841. The van der Waals surface area contributed by atoms with Crippen molar-refractivity contribution in [3.8, 4) is 0 Å². The molecular formula is C23H32BrFN2O5SSi. The number of nitrogens with zero attached hydrogens (tertiary/aromatic N) is 2. The van der Waals surface area contributed by atoms with Gasteiger partial charge in [0, 0.05) is 24.7 Å². The smallest absolute Gasteiger partial charge is 0.418 e. The van der Waals surface area contributed by atoms with Gasteiger partial charge in [-0.3, -0.25) is 0 Å².